The molecule has 2 aromatic rings. The second-order valence-electron chi connectivity index (χ2n) is 7.19. The Labute approximate surface area is 132 Å². The van der Waals surface area contributed by atoms with Gasteiger partial charge in [0.2, 0.25) is 0 Å². The van der Waals surface area contributed by atoms with Crippen molar-refractivity contribution in [1.82, 2.24) is 15.2 Å². The highest BCUT2D eigenvalue weighted by atomic mass is 15.2. The van der Waals surface area contributed by atoms with Crippen LogP contribution in [0.5, 0.6) is 0 Å². The van der Waals surface area contributed by atoms with Crippen molar-refractivity contribution in [2.45, 2.75) is 32.7 Å². The van der Waals surface area contributed by atoms with Crippen molar-refractivity contribution in [3.8, 4) is 0 Å². The standard InChI is InChI=1S/C19H25N3/c1-15-2-4-17-12-16(3-5-18(17)21-15)13-22-11-8-19(14-22)6-9-20-10-7-19/h2-5,12,20H,6-11,13-14H2,1H3. The van der Waals surface area contributed by atoms with Gasteiger partial charge in [0.05, 0.1) is 5.52 Å². The normalized spacial score (nSPS) is 21.7. The third-order valence-corrected chi connectivity index (χ3v) is 5.48. The highest BCUT2D eigenvalue weighted by Crippen LogP contribution is 2.39. The molecule has 1 spiro atoms. The van der Waals surface area contributed by atoms with Crippen LogP contribution in [0.2, 0.25) is 0 Å². The first kappa shape index (κ1) is 14.2. The largest absolute Gasteiger partial charge is 0.317 e. The Balaban J connectivity index is 1.48. The van der Waals surface area contributed by atoms with E-state index in [1.807, 2.05) is 0 Å². The Hall–Kier alpha value is -1.45. The third-order valence-electron chi connectivity index (χ3n) is 5.48. The summed E-state index contributed by atoms with van der Waals surface area (Å²) in [6, 6.07) is 11.0. The number of pyridine rings is 1. The second-order valence-corrected chi connectivity index (χ2v) is 7.19. The minimum absolute atomic E-state index is 0.598. The number of fused-ring (bicyclic) bond motifs is 1. The maximum Gasteiger partial charge on any atom is 0.0705 e. The molecule has 3 heterocycles. The Kier molecular flexibility index (Phi) is 3.63. The van der Waals surface area contributed by atoms with Crippen LogP contribution in [0.1, 0.15) is 30.5 Å². The zero-order valence-electron chi connectivity index (χ0n) is 13.4. The average molecular weight is 295 g/mol. The molecule has 22 heavy (non-hydrogen) atoms. The number of benzene rings is 1. The van der Waals surface area contributed by atoms with Gasteiger partial charge in [0.1, 0.15) is 0 Å². The molecule has 1 N–H and O–H groups in total. The topological polar surface area (TPSA) is 28.2 Å². The molecule has 0 radical (unpaired) electrons. The maximum absolute atomic E-state index is 4.60. The summed E-state index contributed by atoms with van der Waals surface area (Å²) < 4.78 is 0. The smallest absolute Gasteiger partial charge is 0.0705 e. The molecule has 0 aliphatic carbocycles. The molecule has 0 bridgehead atoms. The fraction of sp³-hybridized carbons (Fsp3) is 0.526. The maximum atomic E-state index is 4.60. The van der Waals surface area contributed by atoms with Crippen LogP contribution in [0.4, 0.5) is 0 Å². The lowest BCUT2D eigenvalue weighted by molar-refractivity contribution is 0.194. The summed E-state index contributed by atoms with van der Waals surface area (Å²) >= 11 is 0. The van der Waals surface area contributed by atoms with Crippen molar-refractivity contribution < 1.29 is 0 Å². The number of rotatable bonds is 2. The van der Waals surface area contributed by atoms with E-state index in [9.17, 15) is 0 Å². The van der Waals surface area contributed by atoms with Crippen molar-refractivity contribution in [2.75, 3.05) is 26.2 Å². The van der Waals surface area contributed by atoms with E-state index < -0.39 is 0 Å². The van der Waals surface area contributed by atoms with Crippen LogP contribution in [-0.2, 0) is 6.54 Å². The van der Waals surface area contributed by atoms with Crippen molar-refractivity contribution >= 4 is 10.9 Å². The minimum Gasteiger partial charge on any atom is -0.317 e. The molecule has 4 rings (SSSR count). The summed E-state index contributed by atoms with van der Waals surface area (Å²) in [4.78, 5) is 7.24. The Bertz CT molecular complexity index is 673. The molecule has 0 unspecified atom stereocenters. The minimum atomic E-state index is 0.598. The Morgan fingerprint density at radius 1 is 1.14 bits per heavy atom. The van der Waals surface area contributed by atoms with E-state index in [0.29, 0.717) is 5.41 Å². The van der Waals surface area contributed by atoms with Gasteiger partial charge in [0.25, 0.3) is 0 Å². The molecule has 2 aliphatic rings. The zero-order chi connectivity index (χ0) is 15.0. The van der Waals surface area contributed by atoms with Crippen molar-refractivity contribution in [3.05, 3.63) is 41.6 Å². The van der Waals surface area contributed by atoms with E-state index in [0.717, 1.165) is 17.8 Å². The predicted octanol–water partition coefficient (Wildman–Crippen LogP) is 3.12. The van der Waals surface area contributed by atoms with Gasteiger partial charge in [-0.2, -0.15) is 0 Å². The molecular formula is C19H25N3. The lowest BCUT2D eigenvalue weighted by Gasteiger charge is -2.34. The molecule has 3 heteroatoms. The lowest BCUT2D eigenvalue weighted by atomic mass is 9.78. The van der Waals surface area contributed by atoms with Gasteiger partial charge in [-0.25, -0.2) is 0 Å². The summed E-state index contributed by atoms with van der Waals surface area (Å²) in [7, 11) is 0. The number of nitrogens with one attached hydrogen (secondary N) is 1. The van der Waals surface area contributed by atoms with Crippen LogP contribution in [-0.4, -0.2) is 36.1 Å². The molecule has 2 fully saturated rings. The van der Waals surface area contributed by atoms with E-state index in [-0.39, 0.29) is 0 Å². The molecule has 3 nitrogen and oxygen atoms in total. The molecule has 0 atom stereocenters. The van der Waals surface area contributed by atoms with E-state index >= 15 is 0 Å². The van der Waals surface area contributed by atoms with Gasteiger partial charge in [0, 0.05) is 24.2 Å². The number of piperidine rings is 1. The first-order valence-corrected chi connectivity index (χ1v) is 8.52. The predicted molar refractivity (Wildman–Crippen MR) is 90.9 cm³/mol. The van der Waals surface area contributed by atoms with Crippen molar-refractivity contribution in [1.29, 1.82) is 0 Å². The Morgan fingerprint density at radius 2 is 2.00 bits per heavy atom. The van der Waals surface area contributed by atoms with Crippen LogP contribution in [0.15, 0.2) is 30.3 Å². The lowest BCUT2D eigenvalue weighted by Crippen LogP contribution is -2.38. The SMILES string of the molecule is Cc1ccc2cc(CN3CCC4(CCNCC4)C3)ccc2n1. The van der Waals surface area contributed by atoms with Gasteiger partial charge in [-0.05, 0) is 75.0 Å². The molecule has 1 aromatic heterocycles. The van der Waals surface area contributed by atoms with Crippen LogP contribution in [0.25, 0.3) is 10.9 Å². The van der Waals surface area contributed by atoms with Crippen LogP contribution in [0.3, 0.4) is 0 Å². The van der Waals surface area contributed by atoms with Gasteiger partial charge in [0.15, 0.2) is 0 Å². The van der Waals surface area contributed by atoms with E-state index in [1.165, 1.54) is 56.4 Å². The summed E-state index contributed by atoms with van der Waals surface area (Å²) in [5.74, 6) is 0. The van der Waals surface area contributed by atoms with E-state index in [1.54, 1.807) is 0 Å². The molecular weight excluding hydrogens is 270 g/mol. The molecule has 116 valence electrons. The van der Waals surface area contributed by atoms with E-state index in [2.05, 4.69) is 52.5 Å². The first-order chi connectivity index (χ1) is 10.7. The highest BCUT2D eigenvalue weighted by molar-refractivity contribution is 5.79. The quantitative estimate of drug-likeness (QED) is 0.922. The van der Waals surface area contributed by atoms with Gasteiger partial charge >= 0.3 is 0 Å². The summed E-state index contributed by atoms with van der Waals surface area (Å²) in [5.41, 5.74) is 4.22. The average Bonchev–Trinajstić information content (AvgIpc) is 2.90. The molecule has 0 saturated carbocycles. The van der Waals surface area contributed by atoms with Crippen LogP contribution >= 0.6 is 0 Å². The number of likely N-dealkylation sites (tertiary alicyclic amines) is 1. The number of nitrogens with zero attached hydrogens (tertiary/aromatic N) is 2. The fourth-order valence-electron chi connectivity index (χ4n) is 4.16. The van der Waals surface area contributed by atoms with Crippen LogP contribution < -0.4 is 5.32 Å². The van der Waals surface area contributed by atoms with Crippen LogP contribution in [0, 0.1) is 12.3 Å². The number of aromatic nitrogens is 1. The molecule has 0 amide bonds. The summed E-state index contributed by atoms with van der Waals surface area (Å²) in [6.07, 6.45) is 4.08. The summed E-state index contributed by atoms with van der Waals surface area (Å²) in [6.45, 7) is 8.07. The van der Waals surface area contributed by atoms with E-state index in [4.69, 9.17) is 0 Å². The number of hydrogen-bond acceptors (Lipinski definition) is 3. The van der Waals surface area contributed by atoms with Crippen molar-refractivity contribution in [3.63, 3.8) is 0 Å². The van der Waals surface area contributed by atoms with Crippen molar-refractivity contribution in [2.24, 2.45) is 5.41 Å². The third kappa shape index (κ3) is 2.75. The molecule has 2 aliphatic heterocycles. The fourth-order valence-corrected chi connectivity index (χ4v) is 4.16. The zero-order valence-corrected chi connectivity index (χ0v) is 13.4. The summed E-state index contributed by atoms with van der Waals surface area (Å²) in [5, 5.41) is 4.76. The highest BCUT2D eigenvalue weighted by Gasteiger charge is 2.38. The first-order valence-electron chi connectivity index (χ1n) is 8.52. The second kappa shape index (κ2) is 5.64. The molecule has 1 aromatic carbocycles. The Morgan fingerprint density at radius 3 is 2.86 bits per heavy atom. The monoisotopic (exact) mass is 295 g/mol. The number of hydrogen-bond donors (Lipinski definition) is 1. The van der Waals surface area contributed by atoms with Gasteiger partial charge in [-0.15, -0.1) is 0 Å². The van der Waals surface area contributed by atoms with Gasteiger partial charge < -0.3 is 5.32 Å². The van der Waals surface area contributed by atoms with Gasteiger partial charge in [-0.3, -0.25) is 9.88 Å². The van der Waals surface area contributed by atoms with Gasteiger partial charge in [-0.1, -0.05) is 12.1 Å². The number of aryl methyl sites for hydroxylation is 1. The molecule has 2 saturated heterocycles.